The van der Waals surface area contributed by atoms with Crippen LogP contribution in [-0.2, 0) is 16.6 Å². The van der Waals surface area contributed by atoms with Gasteiger partial charge in [-0.05, 0) is 50.3 Å². The smallest absolute Gasteiger partial charge is 0.241 e. The quantitative estimate of drug-likeness (QED) is 0.874. The molecule has 0 radical (unpaired) electrons. The molecule has 1 aromatic carbocycles. The average Bonchev–Trinajstić information content (AvgIpc) is 2.27. The molecule has 2 rings (SSSR count). The van der Waals surface area contributed by atoms with E-state index in [1.165, 1.54) is 0 Å². The SMILES string of the molecule is Cc1ccc(CO)cc1S(=O)(=O)NC1(C)CCC1. The van der Waals surface area contributed by atoms with Crippen LogP contribution in [0.4, 0.5) is 0 Å². The lowest BCUT2D eigenvalue weighted by molar-refractivity contribution is 0.248. The molecule has 2 N–H and O–H groups in total. The van der Waals surface area contributed by atoms with Crippen LogP contribution in [0.15, 0.2) is 23.1 Å². The van der Waals surface area contributed by atoms with E-state index in [1.54, 1.807) is 25.1 Å². The van der Waals surface area contributed by atoms with E-state index in [9.17, 15) is 8.42 Å². The number of rotatable bonds is 4. The van der Waals surface area contributed by atoms with Crippen molar-refractivity contribution in [2.24, 2.45) is 0 Å². The Morgan fingerprint density at radius 2 is 2.06 bits per heavy atom. The summed E-state index contributed by atoms with van der Waals surface area (Å²) in [5.41, 5.74) is 1.00. The summed E-state index contributed by atoms with van der Waals surface area (Å²) in [5, 5.41) is 9.09. The molecule has 1 aliphatic carbocycles. The first-order chi connectivity index (χ1) is 8.36. The van der Waals surface area contributed by atoms with E-state index in [2.05, 4.69) is 4.72 Å². The summed E-state index contributed by atoms with van der Waals surface area (Å²) in [5.74, 6) is 0. The number of aliphatic hydroxyl groups excluding tert-OH is 1. The highest BCUT2D eigenvalue weighted by Crippen LogP contribution is 2.33. The minimum absolute atomic E-state index is 0.153. The molecule has 0 atom stereocenters. The van der Waals surface area contributed by atoms with Crippen molar-refractivity contribution in [2.45, 2.75) is 50.2 Å². The zero-order valence-corrected chi connectivity index (χ0v) is 11.5. The highest BCUT2D eigenvalue weighted by molar-refractivity contribution is 7.89. The number of nitrogens with one attached hydrogen (secondary N) is 1. The highest BCUT2D eigenvalue weighted by Gasteiger charge is 2.36. The van der Waals surface area contributed by atoms with E-state index in [1.807, 2.05) is 6.92 Å². The fraction of sp³-hybridized carbons (Fsp3) is 0.538. The first-order valence-corrected chi connectivity index (χ1v) is 7.59. The first kappa shape index (κ1) is 13.5. The maximum absolute atomic E-state index is 12.3. The standard InChI is InChI=1S/C13H19NO3S/c1-10-4-5-11(9-15)8-12(10)18(16,17)14-13(2)6-3-7-13/h4-5,8,14-15H,3,6-7,9H2,1-2H3. The molecule has 18 heavy (non-hydrogen) atoms. The number of hydrogen-bond donors (Lipinski definition) is 2. The van der Waals surface area contributed by atoms with Gasteiger partial charge in [0.1, 0.15) is 0 Å². The molecule has 1 aromatic rings. The first-order valence-electron chi connectivity index (χ1n) is 6.11. The normalized spacial score (nSPS) is 18.4. The van der Waals surface area contributed by atoms with Crippen molar-refractivity contribution >= 4 is 10.0 Å². The molecular formula is C13H19NO3S. The van der Waals surface area contributed by atoms with E-state index in [4.69, 9.17) is 5.11 Å². The summed E-state index contributed by atoms with van der Waals surface area (Å²) in [6.45, 7) is 3.54. The Hall–Kier alpha value is -0.910. The number of sulfonamides is 1. The molecular weight excluding hydrogens is 250 g/mol. The predicted molar refractivity (Wildman–Crippen MR) is 69.7 cm³/mol. The monoisotopic (exact) mass is 269 g/mol. The van der Waals surface area contributed by atoms with E-state index in [0.717, 1.165) is 19.3 Å². The van der Waals surface area contributed by atoms with Crippen molar-refractivity contribution < 1.29 is 13.5 Å². The maximum atomic E-state index is 12.3. The molecule has 1 aliphatic rings. The second kappa shape index (κ2) is 4.64. The molecule has 0 bridgehead atoms. The zero-order valence-electron chi connectivity index (χ0n) is 10.7. The second-order valence-corrected chi connectivity index (χ2v) is 6.93. The van der Waals surface area contributed by atoms with Crippen molar-refractivity contribution in [2.75, 3.05) is 0 Å². The van der Waals surface area contributed by atoms with Gasteiger partial charge in [-0.2, -0.15) is 0 Å². The van der Waals surface area contributed by atoms with Crippen LogP contribution in [0, 0.1) is 6.92 Å². The molecule has 0 aliphatic heterocycles. The van der Waals surface area contributed by atoms with Gasteiger partial charge in [-0.25, -0.2) is 13.1 Å². The summed E-state index contributed by atoms with van der Waals surface area (Å²) in [7, 11) is -3.50. The van der Waals surface area contributed by atoms with E-state index >= 15 is 0 Å². The Morgan fingerprint density at radius 1 is 1.39 bits per heavy atom. The molecule has 0 aromatic heterocycles. The van der Waals surface area contributed by atoms with Gasteiger partial charge in [-0.3, -0.25) is 0 Å². The fourth-order valence-corrected chi connectivity index (χ4v) is 3.98. The van der Waals surface area contributed by atoms with Gasteiger partial charge >= 0.3 is 0 Å². The van der Waals surface area contributed by atoms with Crippen LogP contribution in [0.2, 0.25) is 0 Å². The Bertz CT molecular complexity index is 547. The summed E-state index contributed by atoms with van der Waals surface area (Å²) in [4.78, 5) is 0.266. The number of hydrogen-bond acceptors (Lipinski definition) is 3. The Morgan fingerprint density at radius 3 is 2.56 bits per heavy atom. The molecule has 4 nitrogen and oxygen atoms in total. The van der Waals surface area contributed by atoms with Gasteiger partial charge in [0.25, 0.3) is 0 Å². The summed E-state index contributed by atoms with van der Waals surface area (Å²) in [6, 6.07) is 5.00. The Kier molecular flexibility index (Phi) is 3.49. The van der Waals surface area contributed by atoms with Crippen molar-refractivity contribution in [3.05, 3.63) is 29.3 Å². The molecule has 1 saturated carbocycles. The van der Waals surface area contributed by atoms with Gasteiger partial charge in [-0.1, -0.05) is 12.1 Å². The van der Waals surface area contributed by atoms with Gasteiger partial charge in [0.05, 0.1) is 11.5 Å². The van der Waals surface area contributed by atoms with E-state index < -0.39 is 10.0 Å². The summed E-state index contributed by atoms with van der Waals surface area (Å²) >= 11 is 0. The third kappa shape index (κ3) is 2.58. The molecule has 5 heteroatoms. The van der Waals surface area contributed by atoms with Crippen molar-refractivity contribution in [1.82, 2.24) is 4.72 Å². The largest absolute Gasteiger partial charge is 0.392 e. The maximum Gasteiger partial charge on any atom is 0.241 e. The number of aliphatic hydroxyl groups is 1. The van der Waals surface area contributed by atoms with Crippen LogP contribution in [0.1, 0.15) is 37.3 Å². The number of aryl methyl sites for hydroxylation is 1. The van der Waals surface area contributed by atoms with Crippen LogP contribution in [0.5, 0.6) is 0 Å². The van der Waals surface area contributed by atoms with Crippen LogP contribution < -0.4 is 4.72 Å². The van der Waals surface area contributed by atoms with Crippen molar-refractivity contribution in [1.29, 1.82) is 0 Å². The lowest BCUT2D eigenvalue weighted by atomic mass is 9.80. The molecule has 0 amide bonds. The van der Waals surface area contributed by atoms with Gasteiger partial charge in [0, 0.05) is 5.54 Å². The third-order valence-corrected chi connectivity index (χ3v) is 5.34. The van der Waals surface area contributed by atoms with Crippen molar-refractivity contribution in [3.63, 3.8) is 0 Å². The van der Waals surface area contributed by atoms with Gasteiger partial charge in [0.2, 0.25) is 10.0 Å². The Balaban J connectivity index is 2.34. The van der Waals surface area contributed by atoms with Crippen molar-refractivity contribution in [3.8, 4) is 0 Å². The van der Waals surface area contributed by atoms with E-state index in [0.29, 0.717) is 11.1 Å². The second-order valence-electron chi connectivity index (χ2n) is 5.28. The average molecular weight is 269 g/mol. The lowest BCUT2D eigenvalue weighted by Gasteiger charge is -2.38. The van der Waals surface area contributed by atoms with Crippen LogP contribution in [0.25, 0.3) is 0 Å². The predicted octanol–water partition coefficient (Wildman–Crippen LogP) is 1.71. The lowest BCUT2D eigenvalue weighted by Crippen LogP contribution is -2.50. The van der Waals surface area contributed by atoms with Crippen LogP contribution in [0.3, 0.4) is 0 Å². The summed E-state index contributed by atoms with van der Waals surface area (Å²) in [6.07, 6.45) is 2.82. The van der Waals surface area contributed by atoms with Gasteiger partial charge < -0.3 is 5.11 Å². The minimum atomic E-state index is -3.50. The molecule has 1 fully saturated rings. The minimum Gasteiger partial charge on any atom is -0.392 e. The topological polar surface area (TPSA) is 66.4 Å². The highest BCUT2D eigenvalue weighted by atomic mass is 32.2. The molecule has 0 unspecified atom stereocenters. The molecule has 0 heterocycles. The molecule has 0 spiro atoms. The van der Waals surface area contributed by atoms with Gasteiger partial charge in [-0.15, -0.1) is 0 Å². The third-order valence-electron chi connectivity index (χ3n) is 3.56. The zero-order chi connectivity index (χ0) is 13.4. The summed E-state index contributed by atoms with van der Waals surface area (Å²) < 4.78 is 27.4. The Labute approximate surface area is 108 Å². The fourth-order valence-electron chi connectivity index (χ4n) is 2.22. The van der Waals surface area contributed by atoms with Gasteiger partial charge in [0.15, 0.2) is 0 Å². The van der Waals surface area contributed by atoms with E-state index in [-0.39, 0.29) is 17.0 Å². The van der Waals surface area contributed by atoms with Crippen LogP contribution in [-0.4, -0.2) is 19.1 Å². The molecule has 0 saturated heterocycles. The van der Waals surface area contributed by atoms with Crippen LogP contribution >= 0.6 is 0 Å². The number of benzene rings is 1. The molecule has 100 valence electrons.